The molecule has 0 saturated carbocycles. The molecule has 2 aromatic rings. The maximum absolute atomic E-state index is 6.09. The molecule has 0 aliphatic carbocycles. The van der Waals surface area contributed by atoms with E-state index in [0.29, 0.717) is 12.0 Å². The zero-order valence-corrected chi connectivity index (χ0v) is 10.6. The number of nitrogens with two attached hydrogens (primary N) is 1. The average Bonchev–Trinajstić information content (AvgIpc) is 2.70. The highest BCUT2D eigenvalue weighted by Gasteiger charge is 2.11. The molecule has 0 aliphatic heterocycles. The molecule has 1 unspecified atom stereocenters. The molecule has 16 heavy (non-hydrogen) atoms. The molecule has 1 aromatic heterocycles. The van der Waals surface area contributed by atoms with Gasteiger partial charge < -0.3 is 11.1 Å². The van der Waals surface area contributed by atoms with Crippen molar-refractivity contribution in [1.29, 1.82) is 0 Å². The van der Waals surface area contributed by atoms with Gasteiger partial charge >= 0.3 is 0 Å². The van der Waals surface area contributed by atoms with Crippen LogP contribution in [0.25, 0.3) is 10.2 Å². The number of anilines is 2. The summed E-state index contributed by atoms with van der Waals surface area (Å²) in [6.45, 7) is 6.54. The largest absolute Gasteiger partial charge is 0.395 e. The summed E-state index contributed by atoms with van der Waals surface area (Å²) in [4.78, 5) is 4.28. The minimum atomic E-state index is 0.401. The summed E-state index contributed by atoms with van der Waals surface area (Å²) in [6, 6.07) is 4.51. The van der Waals surface area contributed by atoms with E-state index in [0.717, 1.165) is 21.6 Å². The van der Waals surface area contributed by atoms with Crippen LogP contribution >= 0.6 is 11.3 Å². The number of nitrogen functional groups attached to an aromatic ring is 1. The van der Waals surface area contributed by atoms with Crippen molar-refractivity contribution in [3.63, 3.8) is 0 Å². The summed E-state index contributed by atoms with van der Waals surface area (Å²) < 4.78 is 1.14. The van der Waals surface area contributed by atoms with Crippen molar-refractivity contribution < 1.29 is 0 Å². The Morgan fingerprint density at radius 1 is 1.31 bits per heavy atom. The Morgan fingerprint density at radius 2 is 2.06 bits per heavy atom. The molecule has 1 aromatic carbocycles. The third-order valence-electron chi connectivity index (χ3n) is 2.92. The van der Waals surface area contributed by atoms with Crippen molar-refractivity contribution in [2.45, 2.75) is 26.8 Å². The van der Waals surface area contributed by atoms with Gasteiger partial charge in [0, 0.05) is 6.04 Å². The minimum Gasteiger partial charge on any atom is -0.395 e. The molecule has 0 amide bonds. The molecule has 0 fully saturated rings. The molecular formula is C12H17N3S. The molecule has 0 saturated heterocycles. The molecule has 0 aliphatic rings. The molecular weight excluding hydrogens is 218 g/mol. The summed E-state index contributed by atoms with van der Waals surface area (Å²) in [6.07, 6.45) is 0. The Labute approximate surface area is 99.7 Å². The second-order valence-corrected chi connectivity index (χ2v) is 5.29. The Balaban J connectivity index is 2.34. The Hall–Kier alpha value is -1.29. The van der Waals surface area contributed by atoms with Gasteiger partial charge in [-0.2, -0.15) is 0 Å². The Bertz CT molecular complexity index is 490. The van der Waals surface area contributed by atoms with E-state index in [4.69, 9.17) is 5.73 Å². The number of nitrogens with one attached hydrogen (secondary N) is 1. The molecule has 3 nitrogen and oxygen atoms in total. The number of hydrogen-bond acceptors (Lipinski definition) is 4. The van der Waals surface area contributed by atoms with Gasteiger partial charge in [0.15, 0.2) is 0 Å². The standard InChI is InChI=1S/C12H17N3S/c1-7(2)8(3)15-9-4-5-10-12(11(9)13)14-6-16-10/h4-8,15H,13H2,1-3H3. The van der Waals surface area contributed by atoms with Crippen molar-refractivity contribution in [1.82, 2.24) is 4.98 Å². The molecule has 86 valence electrons. The molecule has 1 heterocycles. The van der Waals surface area contributed by atoms with Crippen LogP contribution in [0, 0.1) is 5.92 Å². The summed E-state index contributed by atoms with van der Waals surface area (Å²) in [5.74, 6) is 0.575. The van der Waals surface area contributed by atoms with E-state index >= 15 is 0 Å². The highest BCUT2D eigenvalue weighted by atomic mass is 32.1. The molecule has 2 rings (SSSR count). The number of aromatic nitrogens is 1. The van der Waals surface area contributed by atoms with Gasteiger partial charge in [0.05, 0.1) is 21.6 Å². The van der Waals surface area contributed by atoms with Crippen LogP contribution < -0.4 is 11.1 Å². The van der Waals surface area contributed by atoms with Crippen molar-refractivity contribution >= 4 is 32.9 Å². The van der Waals surface area contributed by atoms with Crippen molar-refractivity contribution in [3.05, 3.63) is 17.6 Å². The van der Waals surface area contributed by atoms with Gasteiger partial charge in [0.1, 0.15) is 5.52 Å². The van der Waals surface area contributed by atoms with Gasteiger partial charge in [-0.05, 0) is 25.0 Å². The topological polar surface area (TPSA) is 50.9 Å². The van der Waals surface area contributed by atoms with E-state index in [1.807, 2.05) is 11.6 Å². The molecule has 4 heteroatoms. The lowest BCUT2D eigenvalue weighted by Gasteiger charge is -2.20. The van der Waals surface area contributed by atoms with Crippen LogP contribution in [0.1, 0.15) is 20.8 Å². The lowest BCUT2D eigenvalue weighted by molar-refractivity contribution is 0.560. The van der Waals surface area contributed by atoms with Crippen LogP contribution in [0.3, 0.4) is 0 Å². The first-order valence-electron chi connectivity index (χ1n) is 5.48. The molecule has 0 bridgehead atoms. The lowest BCUT2D eigenvalue weighted by Crippen LogP contribution is -2.22. The van der Waals surface area contributed by atoms with Gasteiger partial charge in [-0.1, -0.05) is 13.8 Å². The quantitative estimate of drug-likeness (QED) is 0.802. The Morgan fingerprint density at radius 3 is 2.75 bits per heavy atom. The summed E-state index contributed by atoms with van der Waals surface area (Å²) in [5, 5.41) is 3.43. The van der Waals surface area contributed by atoms with E-state index in [2.05, 4.69) is 37.1 Å². The second-order valence-electron chi connectivity index (χ2n) is 4.40. The first-order valence-corrected chi connectivity index (χ1v) is 6.35. The summed E-state index contributed by atoms with van der Waals surface area (Å²) >= 11 is 1.62. The average molecular weight is 235 g/mol. The number of fused-ring (bicyclic) bond motifs is 1. The van der Waals surface area contributed by atoms with Gasteiger partial charge in [0.25, 0.3) is 0 Å². The third kappa shape index (κ3) is 1.97. The third-order valence-corrected chi connectivity index (χ3v) is 3.72. The van der Waals surface area contributed by atoms with E-state index in [9.17, 15) is 0 Å². The minimum absolute atomic E-state index is 0.401. The van der Waals surface area contributed by atoms with Gasteiger partial charge in [-0.15, -0.1) is 11.3 Å². The highest BCUT2D eigenvalue weighted by Crippen LogP contribution is 2.30. The Kier molecular flexibility index (Phi) is 3.01. The van der Waals surface area contributed by atoms with Crippen molar-refractivity contribution in [3.8, 4) is 0 Å². The van der Waals surface area contributed by atoms with Crippen LogP contribution in [0.5, 0.6) is 0 Å². The maximum Gasteiger partial charge on any atom is 0.106 e. The van der Waals surface area contributed by atoms with Crippen LogP contribution in [0.4, 0.5) is 11.4 Å². The fraction of sp³-hybridized carbons (Fsp3) is 0.417. The predicted molar refractivity (Wildman–Crippen MR) is 72.0 cm³/mol. The molecule has 3 N–H and O–H groups in total. The number of benzene rings is 1. The normalized spacial score (nSPS) is 13.2. The maximum atomic E-state index is 6.09. The first-order chi connectivity index (χ1) is 7.59. The van der Waals surface area contributed by atoms with Gasteiger partial charge in [-0.3, -0.25) is 0 Å². The predicted octanol–water partition coefficient (Wildman–Crippen LogP) is 3.33. The van der Waals surface area contributed by atoms with Crippen LogP contribution in [-0.4, -0.2) is 11.0 Å². The number of nitrogens with zero attached hydrogens (tertiary/aromatic N) is 1. The van der Waals surface area contributed by atoms with Crippen LogP contribution in [0.15, 0.2) is 17.6 Å². The fourth-order valence-corrected chi connectivity index (χ4v) is 2.18. The highest BCUT2D eigenvalue weighted by molar-refractivity contribution is 7.16. The van der Waals surface area contributed by atoms with E-state index < -0.39 is 0 Å². The zero-order chi connectivity index (χ0) is 11.7. The zero-order valence-electron chi connectivity index (χ0n) is 9.82. The molecule has 0 spiro atoms. The molecule has 1 atom stereocenters. The van der Waals surface area contributed by atoms with E-state index in [-0.39, 0.29) is 0 Å². The smallest absolute Gasteiger partial charge is 0.106 e. The van der Waals surface area contributed by atoms with Crippen LogP contribution in [0.2, 0.25) is 0 Å². The summed E-state index contributed by atoms with van der Waals surface area (Å²) in [5.41, 5.74) is 10.6. The number of thiazole rings is 1. The molecule has 0 radical (unpaired) electrons. The van der Waals surface area contributed by atoms with Crippen LogP contribution in [-0.2, 0) is 0 Å². The number of rotatable bonds is 3. The first kappa shape index (κ1) is 11.2. The van der Waals surface area contributed by atoms with E-state index in [1.165, 1.54) is 0 Å². The van der Waals surface area contributed by atoms with E-state index in [1.54, 1.807) is 11.3 Å². The van der Waals surface area contributed by atoms with Crippen molar-refractivity contribution in [2.75, 3.05) is 11.1 Å². The fourth-order valence-electron chi connectivity index (χ4n) is 1.49. The monoisotopic (exact) mass is 235 g/mol. The SMILES string of the molecule is CC(C)C(C)Nc1ccc2scnc2c1N. The van der Waals surface area contributed by atoms with Gasteiger partial charge in [-0.25, -0.2) is 4.98 Å². The lowest BCUT2D eigenvalue weighted by atomic mass is 10.1. The number of hydrogen-bond donors (Lipinski definition) is 2. The van der Waals surface area contributed by atoms with Crippen molar-refractivity contribution in [2.24, 2.45) is 5.92 Å². The second kappa shape index (κ2) is 4.29. The van der Waals surface area contributed by atoms with Gasteiger partial charge in [0.2, 0.25) is 0 Å². The summed E-state index contributed by atoms with van der Waals surface area (Å²) in [7, 11) is 0.